The van der Waals surface area contributed by atoms with Gasteiger partial charge in [0.05, 0.1) is 17.0 Å². The maximum atomic E-state index is 11.9. The van der Waals surface area contributed by atoms with Gasteiger partial charge in [0.1, 0.15) is 0 Å². The van der Waals surface area contributed by atoms with Gasteiger partial charge in [0.2, 0.25) is 0 Å². The monoisotopic (exact) mass is 242 g/mol. The molecule has 2 N–H and O–H groups in total. The first-order valence-corrected chi connectivity index (χ1v) is 6.32. The number of carbonyl (C=O) groups is 1. The molecule has 0 radical (unpaired) electrons. The van der Waals surface area contributed by atoms with Gasteiger partial charge >= 0.3 is 5.97 Å². The molecule has 1 rings (SSSR count). The van der Waals surface area contributed by atoms with Crippen LogP contribution in [0.25, 0.3) is 0 Å². The number of nitrogens with two attached hydrogens (primary N) is 1. The Hall–Kier alpha value is -0.940. The highest BCUT2D eigenvalue weighted by Crippen LogP contribution is 2.28. The molecule has 90 valence electrons. The van der Waals surface area contributed by atoms with Gasteiger partial charge in [-0.25, -0.2) is 4.98 Å². The Bertz CT molecular complexity index is 321. The smallest absolute Gasteiger partial charge is 0.313 e. The zero-order chi connectivity index (χ0) is 12.0. The normalized spacial score (nSPS) is 14.4. The molecule has 0 saturated heterocycles. The minimum Gasteiger partial charge on any atom is -0.466 e. The van der Waals surface area contributed by atoms with Gasteiger partial charge in [-0.3, -0.25) is 4.79 Å². The van der Waals surface area contributed by atoms with Crippen molar-refractivity contribution in [3.8, 4) is 0 Å². The lowest BCUT2D eigenvalue weighted by Gasteiger charge is -2.27. The molecular weight excluding hydrogens is 224 g/mol. The van der Waals surface area contributed by atoms with E-state index in [1.807, 2.05) is 12.3 Å². The lowest BCUT2D eigenvalue weighted by Crippen LogP contribution is -2.41. The Morgan fingerprint density at radius 3 is 2.81 bits per heavy atom. The molecule has 1 aromatic heterocycles. The maximum Gasteiger partial charge on any atom is 0.313 e. The topological polar surface area (TPSA) is 65.2 Å². The second-order valence-corrected chi connectivity index (χ2v) is 4.64. The maximum absolute atomic E-state index is 11.9. The molecule has 0 saturated carbocycles. The molecular formula is C11H18N2O2S. The number of hydrogen-bond acceptors (Lipinski definition) is 5. The minimum absolute atomic E-state index is 0.213. The van der Waals surface area contributed by atoms with Crippen molar-refractivity contribution in [3.63, 3.8) is 0 Å². The van der Waals surface area contributed by atoms with E-state index >= 15 is 0 Å². The van der Waals surface area contributed by atoms with Gasteiger partial charge in [-0.05, 0) is 13.3 Å². The number of esters is 1. The fraction of sp³-hybridized carbons (Fsp3) is 0.636. The minimum atomic E-state index is -0.617. The van der Waals surface area contributed by atoms with Crippen molar-refractivity contribution in [2.24, 2.45) is 11.1 Å². The number of nitrogens with zero attached hydrogens (tertiary/aromatic N) is 1. The molecule has 0 aliphatic rings. The van der Waals surface area contributed by atoms with Crippen LogP contribution in [0.15, 0.2) is 11.6 Å². The first-order valence-electron chi connectivity index (χ1n) is 5.44. The van der Waals surface area contributed by atoms with Crippen LogP contribution in [-0.2, 0) is 16.0 Å². The van der Waals surface area contributed by atoms with Crippen LogP contribution >= 0.6 is 11.3 Å². The molecule has 16 heavy (non-hydrogen) atoms. The van der Waals surface area contributed by atoms with E-state index in [1.165, 1.54) is 0 Å². The van der Waals surface area contributed by atoms with Crippen LogP contribution in [0.1, 0.15) is 25.3 Å². The van der Waals surface area contributed by atoms with E-state index < -0.39 is 5.41 Å². The van der Waals surface area contributed by atoms with Gasteiger partial charge in [-0.2, -0.15) is 0 Å². The lowest BCUT2D eigenvalue weighted by molar-refractivity contribution is -0.155. The van der Waals surface area contributed by atoms with Crippen molar-refractivity contribution in [3.05, 3.63) is 16.6 Å². The summed E-state index contributed by atoms with van der Waals surface area (Å²) >= 11 is 1.54. The average molecular weight is 242 g/mol. The molecule has 0 aliphatic carbocycles. The SMILES string of the molecule is CCOC(=O)C(CC)(CN)Cc1nccs1. The van der Waals surface area contributed by atoms with E-state index in [9.17, 15) is 4.79 Å². The van der Waals surface area contributed by atoms with Crippen molar-refractivity contribution >= 4 is 17.3 Å². The van der Waals surface area contributed by atoms with Crippen molar-refractivity contribution in [2.75, 3.05) is 13.2 Å². The Balaban J connectivity index is 2.83. The van der Waals surface area contributed by atoms with Crippen LogP contribution in [0.2, 0.25) is 0 Å². The number of rotatable bonds is 6. The van der Waals surface area contributed by atoms with Gasteiger partial charge in [0, 0.05) is 24.5 Å². The van der Waals surface area contributed by atoms with Crippen LogP contribution in [0.4, 0.5) is 0 Å². The highest BCUT2D eigenvalue weighted by atomic mass is 32.1. The van der Waals surface area contributed by atoms with Gasteiger partial charge < -0.3 is 10.5 Å². The number of thiazole rings is 1. The summed E-state index contributed by atoms with van der Waals surface area (Å²) in [5.41, 5.74) is 5.12. The molecule has 1 aromatic rings. The quantitative estimate of drug-likeness (QED) is 0.770. The Kier molecular flexibility index (Phi) is 4.89. The van der Waals surface area contributed by atoms with Crippen LogP contribution in [0.5, 0.6) is 0 Å². The Morgan fingerprint density at radius 2 is 2.38 bits per heavy atom. The largest absolute Gasteiger partial charge is 0.466 e. The third kappa shape index (κ3) is 2.80. The lowest BCUT2D eigenvalue weighted by atomic mass is 9.82. The fourth-order valence-electron chi connectivity index (χ4n) is 1.56. The predicted octanol–water partition coefficient (Wildman–Crippen LogP) is 1.60. The van der Waals surface area contributed by atoms with Gasteiger partial charge in [-0.1, -0.05) is 6.92 Å². The molecule has 0 bridgehead atoms. The third-order valence-electron chi connectivity index (χ3n) is 2.75. The average Bonchev–Trinajstić information content (AvgIpc) is 2.79. The van der Waals surface area contributed by atoms with E-state index in [1.54, 1.807) is 24.5 Å². The summed E-state index contributed by atoms with van der Waals surface area (Å²) in [5, 5.41) is 2.83. The van der Waals surface area contributed by atoms with E-state index in [2.05, 4.69) is 4.98 Å². The summed E-state index contributed by atoms with van der Waals surface area (Å²) in [7, 11) is 0. The number of carbonyl (C=O) groups excluding carboxylic acids is 1. The van der Waals surface area contributed by atoms with Crippen LogP contribution in [-0.4, -0.2) is 24.1 Å². The first-order chi connectivity index (χ1) is 7.68. The first kappa shape index (κ1) is 13.1. The summed E-state index contributed by atoms with van der Waals surface area (Å²) in [5.74, 6) is -0.213. The molecule has 5 heteroatoms. The standard InChI is InChI=1S/C11H18N2O2S/c1-3-11(8-12,10(14)15-4-2)7-9-13-5-6-16-9/h5-6H,3-4,7-8,12H2,1-2H3. The molecule has 1 heterocycles. The summed E-state index contributed by atoms with van der Waals surface area (Å²) in [6.45, 7) is 4.44. The number of hydrogen-bond donors (Lipinski definition) is 1. The molecule has 0 amide bonds. The summed E-state index contributed by atoms with van der Waals surface area (Å²) in [4.78, 5) is 16.1. The van der Waals surface area contributed by atoms with Crippen LogP contribution < -0.4 is 5.73 Å². The zero-order valence-electron chi connectivity index (χ0n) is 9.73. The van der Waals surface area contributed by atoms with Gasteiger partial charge in [-0.15, -0.1) is 11.3 Å². The van der Waals surface area contributed by atoms with Gasteiger partial charge in [0.15, 0.2) is 0 Å². The summed E-state index contributed by atoms with van der Waals surface area (Å²) < 4.78 is 5.10. The van der Waals surface area contributed by atoms with Crippen molar-refractivity contribution in [1.82, 2.24) is 4.98 Å². The van der Waals surface area contributed by atoms with Crippen LogP contribution in [0, 0.1) is 5.41 Å². The predicted molar refractivity (Wildman–Crippen MR) is 64.2 cm³/mol. The van der Waals surface area contributed by atoms with Crippen molar-refractivity contribution in [2.45, 2.75) is 26.7 Å². The second-order valence-electron chi connectivity index (χ2n) is 3.66. The highest BCUT2D eigenvalue weighted by Gasteiger charge is 2.37. The summed E-state index contributed by atoms with van der Waals surface area (Å²) in [6.07, 6.45) is 2.97. The van der Waals surface area contributed by atoms with E-state index in [0.29, 0.717) is 26.0 Å². The van der Waals surface area contributed by atoms with Crippen LogP contribution in [0.3, 0.4) is 0 Å². The van der Waals surface area contributed by atoms with E-state index in [0.717, 1.165) is 5.01 Å². The third-order valence-corrected chi connectivity index (χ3v) is 3.53. The van der Waals surface area contributed by atoms with Gasteiger partial charge in [0.25, 0.3) is 0 Å². The molecule has 0 aromatic carbocycles. The Morgan fingerprint density at radius 1 is 1.62 bits per heavy atom. The van der Waals surface area contributed by atoms with E-state index in [4.69, 9.17) is 10.5 Å². The van der Waals surface area contributed by atoms with Crippen molar-refractivity contribution in [1.29, 1.82) is 0 Å². The Labute approximate surface area is 99.8 Å². The molecule has 0 fully saturated rings. The van der Waals surface area contributed by atoms with Crippen molar-refractivity contribution < 1.29 is 9.53 Å². The molecule has 4 nitrogen and oxygen atoms in total. The molecule has 1 unspecified atom stereocenters. The highest BCUT2D eigenvalue weighted by molar-refractivity contribution is 7.09. The molecule has 1 atom stereocenters. The zero-order valence-corrected chi connectivity index (χ0v) is 10.5. The number of ether oxygens (including phenoxy) is 1. The molecule has 0 aliphatic heterocycles. The molecule has 0 spiro atoms. The fourth-order valence-corrected chi connectivity index (χ4v) is 2.32. The number of aromatic nitrogens is 1. The summed E-state index contributed by atoms with van der Waals surface area (Å²) in [6, 6.07) is 0. The second kappa shape index (κ2) is 5.96. The van der Waals surface area contributed by atoms with E-state index in [-0.39, 0.29) is 5.97 Å².